The molecule has 0 aromatic carbocycles. The van der Waals surface area contributed by atoms with Crippen molar-refractivity contribution in [1.82, 2.24) is 4.98 Å². The number of ether oxygens (including phenoxy) is 1. The molecule has 1 aliphatic heterocycles. The summed E-state index contributed by atoms with van der Waals surface area (Å²) in [5.41, 5.74) is 6.47. The summed E-state index contributed by atoms with van der Waals surface area (Å²) < 4.78 is 6.23. The maximum atomic E-state index is 5.58. The number of rotatable bonds is 1. The van der Waals surface area contributed by atoms with Crippen LogP contribution in [0.1, 0.15) is 11.7 Å². The Hall–Kier alpha value is -0.940. The van der Waals surface area contributed by atoms with E-state index in [-0.39, 0.29) is 6.04 Å². The number of nitrogens with zero attached hydrogens (tertiary/aromatic N) is 2. The van der Waals surface area contributed by atoms with E-state index in [9.17, 15) is 0 Å². The molecule has 2 N–H and O–H groups in total. The Kier molecular flexibility index (Phi) is 2.79. The first-order valence-corrected chi connectivity index (χ1v) is 5.06. The van der Waals surface area contributed by atoms with E-state index < -0.39 is 0 Å². The fourth-order valence-corrected chi connectivity index (χ4v) is 1.52. The van der Waals surface area contributed by atoms with Crippen molar-refractivity contribution in [3.05, 3.63) is 28.5 Å². The van der Waals surface area contributed by atoms with Crippen LogP contribution >= 0.6 is 15.9 Å². The zero-order chi connectivity index (χ0) is 9.97. The summed E-state index contributed by atoms with van der Waals surface area (Å²) in [6.45, 7) is 0.975. The van der Waals surface area contributed by atoms with E-state index in [0.29, 0.717) is 19.0 Å². The molecule has 1 aromatic rings. The Morgan fingerprint density at radius 2 is 2.36 bits per heavy atom. The zero-order valence-electron chi connectivity index (χ0n) is 7.48. The summed E-state index contributed by atoms with van der Waals surface area (Å²) in [5.74, 6) is 0.533. The summed E-state index contributed by atoms with van der Waals surface area (Å²) in [4.78, 5) is 8.52. The van der Waals surface area contributed by atoms with Crippen LogP contribution in [0.3, 0.4) is 0 Å². The summed E-state index contributed by atoms with van der Waals surface area (Å²) in [5, 5.41) is 0. The Morgan fingerprint density at radius 3 is 3.00 bits per heavy atom. The van der Waals surface area contributed by atoms with Crippen molar-refractivity contribution < 1.29 is 4.74 Å². The highest BCUT2D eigenvalue weighted by atomic mass is 79.9. The molecule has 1 atom stereocenters. The van der Waals surface area contributed by atoms with Gasteiger partial charge in [-0.15, -0.1) is 0 Å². The van der Waals surface area contributed by atoms with Gasteiger partial charge in [-0.2, -0.15) is 0 Å². The van der Waals surface area contributed by atoms with Crippen molar-refractivity contribution in [3.63, 3.8) is 0 Å². The highest BCUT2D eigenvalue weighted by molar-refractivity contribution is 9.10. The number of halogens is 1. The van der Waals surface area contributed by atoms with Gasteiger partial charge in [-0.25, -0.2) is 0 Å². The minimum Gasteiger partial charge on any atom is -0.386 e. The van der Waals surface area contributed by atoms with Crippen molar-refractivity contribution >= 4 is 21.8 Å². The van der Waals surface area contributed by atoms with Crippen molar-refractivity contribution in [3.8, 4) is 0 Å². The smallest absolute Gasteiger partial charge is 0.121 e. The van der Waals surface area contributed by atoms with Gasteiger partial charge in [0.1, 0.15) is 18.5 Å². The Labute approximate surface area is 90.3 Å². The number of amidine groups is 1. The molecule has 0 saturated carbocycles. The van der Waals surface area contributed by atoms with E-state index in [4.69, 9.17) is 10.5 Å². The minimum atomic E-state index is -0.0585. The molecule has 0 unspecified atom stereocenters. The summed E-state index contributed by atoms with van der Waals surface area (Å²) >= 11 is 3.33. The van der Waals surface area contributed by atoms with Crippen molar-refractivity contribution in [2.24, 2.45) is 10.7 Å². The van der Waals surface area contributed by atoms with Gasteiger partial charge < -0.3 is 10.5 Å². The molecule has 2 rings (SSSR count). The molecule has 0 bridgehead atoms. The molecule has 0 spiro atoms. The van der Waals surface area contributed by atoms with Crippen LogP contribution in [0.25, 0.3) is 0 Å². The normalized spacial score (nSPS) is 21.8. The molecular weight excluding hydrogens is 246 g/mol. The lowest BCUT2D eigenvalue weighted by Crippen LogP contribution is -2.27. The first kappa shape index (κ1) is 9.61. The number of hydrogen-bond acceptors (Lipinski definition) is 4. The second-order valence-corrected chi connectivity index (χ2v) is 3.97. The molecule has 74 valence electrons. The van der Waals surface area contributed by atoms with Crippen LogP contribution in [0.5, 0.6) is 0 Å². The largest absolute Gasteiger partial charge is 0.386 e. The van der Waals surface area contributed by atoms with Crippen LogP contribution in [0.2, 0.25) is 0 Å². The first-order valence-electron chi connectivity index (χ1n) is 4.27. The SMILES string of the molecule is NC1=N[C@@H](c2ccc(Br)cn2)COC1. The molecule has 1 aromatic heterocycles. The van der Waals surface area contributed by atoms with Gasteiger partial charge in [0.25, 0.3) is 0 Å². The van der Waals surface area contributed by atoms with Gasteiger partial charge in [0.05, 0.1) is 12.3 Å². The second kappa shape index (κ2) is 4.06. The number of aliphatic imine (C=N–C) groups is 1. The van der Waals surface area contributed by atoms with Crippen LogP contribution in [0, 0.1) is 0 Å². The fraction of sp³-hybridized carbons (Fsp3) is 0.333. The van der Waals surface area contributed by atoms with Crippen molar-refractivity contribution in [1.29, 1.82) is 0 Å². The highest BCUT2D eigenvalue weighted by Gasteiger charge is 2.16. The van der Waals surface area contributed by atoms with Gasteiger partial charge in [-0.05, 0) is 28.1 Å². The molecular formula is C9H10BrN3O. The molecule has 1 aliphatic rings. The second-order valence-electron chi connectivity index (χ2n) is 3.05. The van der Waals surface area contributed by atoms with Crippen LogP contribution in [0.15, 0.2) is 27.8 Å². The van der Waals surface area contributed by atoms with Crippen LogP contribution < -0.4 is 5.73 Å². The minimum absolute atomic E-state index is 0.0585. The van der Waals surface area contributed by atoms with Crippen LogP contribution in [-0.4, -0.2) is 24.0 Å². The molecule has 0 amide bonds. The maximum Gasteiger partial charge on any atom is 0.121 e. The topological polar surface area (TPSA) is 60.5 Å². The predicted octanol–water partition coefficient (Wildman–Crippen LogP) is 1.27. The van der Waals surface area contributed by atoms with Gasteiger partial charge in [-0.3, -0.25) is 9.98 Å². The lowest BCUT2D eigenvalue weighted by Gasteiger charge is -2.18. The number of hydrogen-bond donors (Lipinski definition) is 1. The Bertz CT molecular complexity index is 350. The standard InChI is InChI=1S/C9H10BrN3O/c10-6-1-2-7(12-3-6)8-4-14-5-9(11)13-8/h1-3,8H,4-5H2,(H2,11,13)/t8-/m1/s1. The van der Waals surface area contributed by atoms with E-state index in [0.717, 1.165) is 10.2 Å². The molecule has 14 heavy (non-hydrogen) atoms. The van der Waals surface area contributed by atoms with E-state index >= 15 is 0 Å². The molecule has 2 heterocycles. The summed E-state index contributed by atoms with van der Waals surface area (Å²) in [7, 11) is 0. The summed E-state index contributed by atoms with van der Waals surface area (Å²) in [6.07, 6.45) is 1.75. The zero-order valence-corrected chi connectivity index (χ0v) is 9.07. The maximum absolute atomic E-state index is 5.58. The average molecular weight is 256 g/mol. The molecule has 0 fully saturated rings. The Morgan fingerprint density at radius 1 is 1.50 bits per heavy atom. The van der Waals surface area contributed by atoms with Crippen molar-refractivity contribution in [2.45, 2.75) is 6.04 Å². The van der Waals surface area contributed by atoms with E-state index in [1.807, 2.05) is 12.1 Å². The summed E-state index contributed by atoms with van der Waals surface area (Å²) in [6, 6.07) is 3.79. The molecule has 0 aliphatic carbocycles. The van der Waals surface area contributed by atoms with Crippen LogP contribution in [0.4, 0.5) is 0 Å². The number of nitrogens with two attached hydrogens (primary N) is 1. The predicted molar refractivity (Wildman–Crippen MR) is 57.1 cm³/mol. The lowest BCUT2D eigenvalue weighted by atomic mass is 10.2. The number of aromatic nitrogens is 1. The third-order valence-corrected chi connectivity index (χ3v) is 2.41. The average Bonchev–Trinajstić information content (AvgIpc) is 2.19. The molecule has 0 radical (unpaired) electrons. The van der Waals surface area contributed by atoms with Crippen molar-refractivity contribution in [2.75, 3.05) is 13.2 Å². The number of pyridine rings is 1. The Balaban J connectivity index is 2.22. The lowest BCUT2D eigenvalue weighted by molar-refractivity contribution is 0.142. The highest BCUT2D eigenvalue weighted by Crippen LogP contribution is 2.19. The van der Waals surface area contributed by atoms with Gasteiger partial charge in [0.2, 0.25) is 0 Å². The first-order chi connectivity index (χ1) is 6.75. The van der Waals surface area contributed by atoms with E-state index in [2.05, 4.69) is 25.9 Å². The van der Waals surface area contributed by atoms with Gasteiger partial charge in [0, 0.05) is 10.7 Å². The van der Waals surface area contributed by atoms with E-state index in [1.165, 1.54) is 0 Å². The monoisotopic (exact) mass is 255 g/mol. The molecule has 4 nitrogen and oxygen atoms in total. The third-order valence-electron chi connectivity index (χ3n) is 1.94. The van der Waals surface area contributed by atoms with Gasteiger partial charge in [-0.1, -0.05) is 0 Å². The van der Waals surface area contributed by atoms with Gasteiger partial charge in [0.15, 0.2) is 0 Å². The van der Waals surface area contributed by atoms with Gasteiger partial charge >= 0.3 is 0 Å². The van der Waals surface area contributed by atoms with Crippen LogP contribution in [-0.2, 0) is 4.74 Å². The van der Waals surface area contributed by atoms with E-state index in [1.54, 1.807) is 6.20 Å². The molecule has 0 saturated heterocycles. The third kappa shape index (κ3) is 2.10. The fourth-order valence-electron chi connectivity index (χ4n) is 1.29. The quantitative estimate of drug-likeness (QED) is 0.823. The molecule has 5 heteroatoms.